The number of halogens is 1. The van der Waals surface area contributed by atoms with E-state index >= 15 is 0 Å². The maximum Gasteiger partial charge on any atom is 0.123 e. The molecule has 1 fully saturated rings. The molecule has 0 radical (unpaired) electrons. The smallest absolute Gasteiger partial charge is 0.123 e. The summed E-state index contributed by atoms with van der Waals surface area (Å²) in [5.41, 5.74) is 1.21. The number of methoxy groups -OCH3 is 1. The fourth-order valence-corrected chi connectivity index (χ4v) is 3.66. The van der Waals surface area contributed by atoms with Gasteiger partial charge in [0.25, 0.3) is 0 Å². The fraction of sp³-hybridized carbons (Fsp3) is 0.647. The zero-order valence-corrected chi connectivity index (χ0v) is 13.0. The molecule has 1 N–H and O–H groups in total. The van der Waals surface area contributed by atoms with E-state index in [-0.39, 0.29) is 17.3 Å². The van der Waals surface area contributed by atoms with Gasteiger partial charge >= 0.3 is 0 Å². The van der Waals surface area contributed by atoms with Gasteiger partial charge in [0.1, 0.15) is 11.6 Å². The Balaban J connectivity index is 2.39. The van der Waals surface area contributed by atoms with E-state index in [0.29, 0.717) is 5.92 Å². The predicted molar refractivity (Wildman–Crippen MR) is 80.5 cm³/mol. The normalized spacial score (nSPS) is 23.4. The summed E-state index contributed by atoms with van der Waals surface area (Å²) < 4.78 is 19.1. The third kappa shape index (κ3) is 2.98. The van der Waals surface area contributed by atoms with Gasteiger partial charge in [0, 0.05) is 11.6 Å². The van der Waals surface area contributed by atoms with Crippen molar-refractivity contribution in [1.82, 2.24) is 5.32 Å². The minimum Gasteiger partial charge on any atom is -0.496 e. The quantitative estimate of drug-likeness (QED) is 0.886. The second kappa shape index (κ2) is 6.13. The summed E-state index contributed by atoms with van der Waals surface area (Å²) in [6, 6.07) is 4.94. The maximum atomic E-state index is 13.7. The number of rotatable bonds is 4. The van der Waals surface area contributed by atoms with E-state index in [1.54, 1.807) is 19.2 Å². The first-order valence-corrected chi connectivity index (χ1v) is 7.50. The van der Waals surface area contributed by atoms with Crippen LogP contribution in [0.5, 0.6) is 5.75 Å². The summed E-state index contributed by atoms with van der Waals surface area (Å²) in [6.45, 7) is 4.65. The van der Waals surface area contributed by atoms with E-state index in [9.17, 15) is 4.39 Å². The lowest BCUT2D eigenvalue weighted by Gasteiger charge is -2.43. The molecule has 0 aromatic heterocycles. The van der Waals surface area contributed by atoms with Crippen LogP contribution in [-0.4, -0.2) is 14.2 Å². The van der Waals surface area contributed by atoms with Gasteiger partial charge < -0.3 is 10.1 Å². The van der Waals surface area contributed by atoms with Gasteiger partial charge in [-0.05, 0) is 49.4 Å². The molecule has 112 valence electrons. The van der Waals surface area contributed by atoms with Crippen LogP contribution in [0, 0.1) is 17.2 Å². The standard InChI is InChI=1S/C17H26FNO/c1-17(2)10-6-5-7-14(17)16(19-3)13-11-12(18)8-9-15(13)20-4/h8-9,11,14,16,19H,5-7,10H2,1-4H3. The Morgan fingerprint density at radius 2 is 2.10 bits per heavy atom. The van der Waals surface area contributed by atoms with Crippen LogP contribution < -0.4 is 10.1 Å². The molecule has 20 heavy (non-hydrogen) atoms. The summed E-state index contributed by atoms with van der Waals surface area (Å²) in [5, 5.41) is 3.40. The van der Waals surface area contributed by atoms with Crippen molar-refractivity contribution < 1.29 is 9.13 Å². The van der Waals surface area contributed by atoms with E-state index in [0.717, 1.165) is 11.3 Å². The molecule has 1 aromatic carbocycles. The number of nitrogens with one attached hydrogen (secondary N) is 1. The van der Waals surface area contributed by atoms with E-state index in [1.165, 1.54) is 31.7 Å². The molecule has 0 bridgehead atoms. The van der Waals surface area contributed by atoms with Gasteiger partial charge in [-0.15, -0.1) is 0 Å². The summed E-state index contributed by atoms with van der Waals surface area (Å²) in [7, 11) is 3.61. The average Bonchev–Trinajstić information content (AvgIpc) is 2.41. The van der Waals surface area contributed by atoms with Gasteiger partial charge in [0.05, 0.1) is 7.11 Å². The summed E-state index contributed by atoms with van der Waals surface area (Å²) in [4.78, 5) is 0. The Morgan fingerprint density at radius 3 is 2.70 bits per heavy atom. The third-order valence-electron chi connectivity index (χ3n) is 4.83. The highest BCUT2D eigenvalue weighted by Crippen LogP contribution is 2.48. The summed E-state index contributed by atoms with van der Waals surface area (Å²) in [6.07, 6.45) is 4.95. The van der Waals surface area contributed by atoms with E-state index in [1.807, 2.05) is 7.05 Å². The van der Waals surface area contributed by atoms with Crippen LogP contribution in [-0.2, 0) is 0 Å². The number of hydrogen-bond donors (Lipinski definition) is 1. The van der Waals surface area contributed by atoms with Crippen LogP contribution in [0.15, 0.2) is 18.2 Å². The summed E-state index contributed by atoms with van der Waals surface area (Å²) in [5.74, 6) is 1.07. The van der Waals surface area contributed by atoms with Crippen LogP contribution in [0.4, 0.5) is 4.39 Å². The molecule has 0 heterocycles. The van der Waals surface area contributed by atoms with Crippen LogP contribution in [0.1, 0.15) is 51.1 Å². The number of hydrogen-bond acceptors (Lipinski definition) is 2. The van der Waals surface area contributed by atoms with Gasteiger partial charge in [-0.3, -0.25) is 0 Å². The zero-order valence-electron chi connectivity index (χ0n) is 13.0. The first-order chi connectivity index (χ1) is 9.49. The Kier molecular flexibility index (Phi) is 4.69. The Morgan fingerprint density at radius 1 is 1.35 bits per heavy atom. The van der Waals surface area contributed by atoms with Crippen LogP contribution in [0.2, 0.25) is 0 Å². The molecule has 2 nitrogen and oxygen atoms in total. The van der Waals surface area contributed by atoms with Crippen molar-refractivity contribution in [3.05, 3.63) is 29.6 Å². The van der Waals surface area contributed by atoms with Crippen molar-refractivity contribution >= 4 is 0 Å². The Bertz CT molecular complexity index is 458. The number of benzene rings is 1. The van der Waals surface area contributed by atoms with Crippen LogP contribution >= 0.6 is 0 Å². The fourth-order valence-electron chi connectivity index (χ4n) is 3.66. The largest absolute Gasteiger partial charge is 0.496 e. The molecule has 3 heteroatoms. The Labute approximate surface area is 121 Å². The van der Waals surface area contributed by atoms with Crippen LogP contribution in [0.3, 0.4) is 0 Å². The SMILES string of the molecule is CNC(c1cc(F)ccc1OC)C1CCCCC1(C)C. The molecule has 2 atom stereocenters. The van der Waals surface area contributed by atoms with Crippen molar-refractivity contribution in [2.75, 3.05) is 14.2 Å². The number of ether oxygens (including phenoxy) is 1. The first kappa shape index (κ1) is 15.3. The van der Waals surface area contributed by atoms with Gasteiger partial charge in [-0.1, -0.05) is 26.7 Å². The van der Waals surface area contributed by atoms with Crippen molar-refractivity contribution in [3.63, 3.8) is 0 Å². The van der Waals surface area contributed by atoms with Crippen molar-refractivity contribution in [1.29, 1.82) is 0 Å². The molecule has 1 saturated carbocycles. The molecule has 0 spiro atoms. The topological polar surface area (TPSA) is 21.3 Å². The molecule has 0 amide bonds. The highest BCUT2D eigenvalue weighted by atomic mass is 19.1. The summed E-state index contributed by atoms with van der Waals surface area (Å²) >= 11 is 0. The van der Waals surface area contributed by atoms with Gasteiger partial charge in [0.2, 0.25) is 0 Å². The maximum absolute atomic E-state index is 13.7. The third-order valence-corrected chi connectivity index (χ3v) is 4.83. The highest BCUT2D eigenvalue weighted by Gasteiger charge is 2.38. The zero-order chi connectivity index (χ0) is 14.8. The molecule has 1 aliphatic rings. The second-order valence-electron chi connectivity index (χ2n) is 6.49. The molecule has 1 aromatic rings. The minimum atomic E-state index is -0.199. The molecule has 1 aliphatic carbocycles. The van der Waals surface area contributed by atoms with Gasteiger partial charge in [-0.2, -0.15) is 0 Å². The molecular weight excluding hydrogens is 253 g/mol. The van der Waals surface area contributed by atoms with Gasteiger partial charge in [0.15, 0.2) is 0 Å². The monoisotopic (exact) mass is 279 g/mol. The molecule has 2 rings (SSSR count). The molecule has 2 unspecified atom stereocenters. The highest BCUT2D eigenvalue weighted by molar-refractivity contribution is 5.37. The van der Waals surface area contributed by atoms with E-state index < -0.39 is 0 Å². The molecule has 0 saturated heterocycles. The van der Waals surface area contributed by atoms with Crippen LogP contribution in [0.25, 0.3) is 0 Å². The van der Waals surface area contributed by atoms with E-state index in [2.05, 4.69) is 19.2 Å². The van der Waals surface area contributed by atoms with Crippen molar-refractivity contribution in [3.8, 4) is 5.75 Å². The lowest BCUT2D eigenvalue weighted by Crippen LogP contribution is -2.38. The first-order valence-electron chi connectivity index (χ1n) is 7.50. The van der Waals surface area contributed by atoms with Crippen molar-refractivity contribution in [2.24, 2.45) is 11.3 Å². The van der Waals surface area contributed by atoms with E-state index in [4.69, 9.17) is 4.74 Å². The molecule has 0 aliphatic heterocycles. The lowest BCUT2D eigenvalue weighted by atomic mass is 9.64. The lowest BCUT2D eigenvalue weighted by molar-refractivity contribution is 0.100. The minimum absolute atomic E-state index is 0.135. The predicted octanol–water partition coefficient (Wildman–Crippen LogP) is 4.31. The average molecular weight is 279 g/mol. The van der Waals surface area contributed by atoms with Gasteiger partial charge in [-0.25, -0.2) is 4.39 Å². The second-order valence-corrected chi connectivity index (χ2v) is 6.49. The Hall–Kier alpha value is -1.09. The van der Waals surface area contributed by atoms with Crippen molar-refractivity contribution in [2.45, 2.75) is 45.6 Å². The molecular formula is C17H26FNO.